The first kappa shape index (κ1) is 25.9. The van der Waals surface area contributed by atoms with Gasteiger partial charge >= 0.3 is 6.18 Å². The van der Waals surface area contributed by atoms with E-state index in [1.807, 2.05) is 32.8 Å². The number of aromatic hydroxyl groups is 1. The van der Waals surface area contributed by atoms with Gasteiger partial charge in [-0.2, -0.15) is 13.2 Å². The number of phenolic OH excluding ortho intramolecular Hbond substituents is 1. The number of pyridine rings is 1. The van der Waals surface area contributed by atoms with Crippen LogP contribution in [-0.4, -0.2) is 53.8 Å². The fourth-order valence-corrected chi connectivity index (χ4v) is 4.67. The van der Waals surface area contributed by atoms with Crippen LogP contribution in [0.2, 0.25) is 0 Å². The second kappa shape index (κ2) is 9.90. The Morgan fingerprint density at radius 3 is 2.29 bits per heavy atom. The largest absolute Gasteiger partial charge is 0.508 e. The molecule has 3 rings (SSSR count). The fraction of sp³-hybridized carbons (Fsp3) is 0.520. The van der Waals surface area contributed by atoms with Gasteiger partial charge in [-0.15, -0.1) is 0 Å². The second-order valence-corrected chi connectivity index (χ2v) is 9.53. The standard InChI is InChI=1S/C25H31F4N3O2/c1-15-7-20(33)8-16(2)21(15)10-19(32(3)4)14-31-23(34)11-22(17-9-18(26)13-30-12-17)24(5-6-24)25(27,28)29/h7-9,12-13,19,22,33H,5-6,10-11,14H2,1-4H3,(H,31,34). The lowest BCUT2D eigenvalue weighted by Crippen LogP contribution is -2.43. The summed E-state index contributed by atoms with van der Waals surface area (Å²) in [6.45, 7) is 4.03. The number of aromatic nitrogens is 1. The summed E-state index contributed by atoms with van der Waals surface area (Å²) in [5.41, 5.74) is 0.958. The Morgan fingerprint density at radius 1 is 1.18 bits per heavy atom. The van der Waals surface area contributed by atoms with E-state index in [0.29, 0.717) is 6.42 Å². The Bertz CT molecular complexity index is 1010. The summed E-state index contributed by atoms with van der Waals surface area (Å²) in [5, 5.41) is 12.6. The number of amides is 1. The summed E-state index contributed by atoms with van der Waals surface area (Å²) in [6.07, 6.45) is -2.34. The van der Waals surface area contributed by atoms with E-state index in [1.165, 1.54) is 6.20 Å². The van der Waals surface area contributed by atoms with Crippen LogP contribution in [0, 0.1) is 25.1 Å². The van der Waals surface area contributed by atoms with Gasteiger partial charge in [0.15, 0.2) is 0 Å². The number of nitrogens with zero attached hydrogens (tertiary/aromatic N) is 2. The number of nitrogens with one attached hydrogen (secondary N) is 1. The lowest BCUT2D eigenvalue weighted by molar-refractivity contribution is -0.194. The van der Waals surface area contributed by atoms with Gasteiger partial charge in [0.05, 0.1) is 11.6 Å². The molecular formula is C25H31F4N3O2. The van der Waals surface area contributed by atoms with Gasteiger partial charge in [0, 0.05) is 31.1 Å². The van der Waals surface area contributed by atoms with E-state index in [-0.39, 0.29) is 36.7 Å². The zero-order chi connectivity index (χ0) is 25.3. The van der Waals surface area contributed by atoms with Crippen LogP contribution in [0.15, 0.2) is 30.6 Å². The SMILES string of the molecule is Cc1cc(O)cc(C)c1CC(CNC(=O)CC(c1cncc(F)c1)C1(C(F)(F)F)CC1)N(C)C. The zero-order valence-electron chi connectivity index (χ0n) is 19.8. The molecule has 186 valence electrons. The number of aryl methyl sites for hydroxylation is 2. The molecule has 1 heterocycles. The molecule has 0 spiro atoms. The van der Waals surface area contributed by atoms with E-state index in [1.54, 1.807) is 12.1 Å². The van der Waals surface area contributed by atoms with Crippen LogP contribution < -0.4 is 5.32 Å². The number of hydrogen-bond donors (Lipinski definition) is 2. The number of alkyl halides is 3. The highest BCUT2D eigenvalue weighted by molar-refractivity contribution is 5.77. The molecule has 1 aromatic carbocycles. The van der Waals surface area contributed by atoms with Crippen molar-refractivity contribution in [3.05, 3.63) is 58.7 Å². The van der Waals surface area contributed by atoms with Gasteiger partial charge in [-0.05, 0) is 87.7 Å². The molecule has 0 aliphatic heterocycles. The predicted octanol–water partition coefficient (Wildman–Crippen LogP) is 4.65. The van der Waals surface area contributed by atoms with Gasteiger partial charge < -0.3 is 15.3 Å². The number of phenols is 1. The number of carbonyl (C=O) groups excluding carboxylic acids is 1. The highest BCUT2D eigenvalue weighted by Gasteiger charge is 2.67. The minimum Gasteiger partial charge on any atom is -0.508 e. The van der Waals surface area contributed by atoms with Gasteiger partial charge in [0.25, 0.3) is 0 Å². The van der Waals surface area contributed by atoms with Crippen LogP contribution >= 0.6 is 0 Å². The number of benzene rings is 1. The third-order valence-electron chi connectivity index (χ3n) is 6.92. The molecule has 2 N–H and O–H groups in total. The second-order valence-electron chi connectivity index (χ2n) is 9.53. The molecule has 1 aliphatic carbocycles. The summed E-state index contributed by atoms with van der Waals surface area (Å²) in [7, 11) is 3.73. The van der Waals surface area contributed by atoms with Gasteiger partial charge in [-0.1, -0.05) is 0 Å². The molecule has 1 amide bonds. The van der Waals surface area contributed by atoms with E-state index >= 15 is 0 Å². The molecule has 34 heavy (non-hydrogen) atoms. The number of hydrogen-bond acceptors (Lipinski definition) is 4. The van der Waals surface area contributed by atoms with E-state index in [9.17, 15) is 27.5 Å². The fourth-order valence-electron chi connectivity index (χ4n) is 4.67. The molecule has 2 aromatic rings. The quantitative estimate of drug-likeness (QED) is 0.512. The van der Waals surface area contributed by atoms with Gasteiger partial charge in [0.1, 0.15) is 11.6 Å². The van der Waals surface area contributed by atoms with Crippen molar-refractivity contribution >= 4 is 5.91 Å². The van der Waals surface area contributed by atoms with Crippen molar-refractivity contribution in [1.29, 1.82) is 0 Å². The summed E-state index contributed by atoms with van der Waals surface area (Å²) in [6, 6.07) is 4.28. The van der Waals surface area contributed by atoms with E-state index in [0.717, 1.165) is 29.0 Å². The van der Waals surface area contributed by atoms with Crippen molar-refractivity contribution in [3.63, 3.8) is 0 Å². The maximum absolute atomic E-state index is 13.9. The minimum absolute atomic E-state index is 0.0875. The molecular weight excluding hydrogens is 450 g/mol. The number of rotatable bonds is 9. The first-order valence-corrected chi connectivity index (χ1v) is 11.2. The van der Waals surface area contributed by atoms with Crippen molar-refractivity contribution < 1.29 is 27.5 Å². The van der Waals surface area contributed by atoms with Crippen molar-refractivity contribution in [3.8, 4) is 5.75 Å². The average Bonchev–Trinajstić information content (AvgIpc) is 3.52. The van der Waals surface area contributed by atoms with Crippen LogP contribution in [0.1, 0.15) is 47.4 Å². The van der Waals surface area contributed by atoms with Crippen LogP contribution in [0.4, 0.5) is 17.6 Å². The van der Waals surface area contributed by atoms with Crippen molar-refractivity contribution in [2.45, 2.75) is 57.7 Å². The number of halogens is 4. The molecule has 1 aromatic heterocycles. The lowest BCUT2D eigenvalue weighted by Gasteiger charge is -2.30. The molecule has 2 unspecified atom stereocenters. The molecule has 2 atom stereocenters. The number of likely N-dealkylation sites (N-methyl/N-ethyl adjacent to an activating group) is 1. The molecule has 9 heteroatoms. The average molecular weight is 482 g/mol. The Labute approximate surface area is 197 Å². The van der Waals surface area contributed by atoms with Gasteiger partial charge in [0.2, 0.25) is 5.91 Å². The summed E-state index contributed by atoms with van der Waals surface area (Å²) >= 11 is 0. The molecule has 1 aliphatic rings. The Hall–Kier alpha value is -2.68. The van der Waals surface area contributed by atoms with Crippen molar-refractivity contribution in [2.24, 2.45) is 5.41 Å². The predicted molar refractivity (Wildman–Crippen MR) is 121 cm³/mol. The normalized spacial score (nSPS) is 16.9. The summed E-state index contributed by atoms with van der Waals surface area (Å²) < 4.78 is 55.4. The first-order chi connectivity index (χ1) is 15.8. The summed E-state index contributed by atoms with van der Waals surface area (Å²) in [5.74, 6) is -2.26. The number of carbonyl (C=O) groups is 1. The van der Waals surface area contributed by atoms with Crippen LogP contribution in [0.3, 0.4) is 0 Å². The van der Waals surface area contributed by atoms with E-state index < -0.39 is 35.7 Å². The lowest BCUT2D eigenvalue weighted by atomic mass is 9.80. The third kappa shape index (κ3) is 5.68. The maximum Gasteiger partial charge on any atom is 0.395 e. The molecule has 0 radical (unpaired) electrons. The molecule has 0 bridgehead atoms. The van der Waals surface area contributed by atoms with Crippen molar-refractivity contribution in [1.82, 2.24) is 15.2 Å². The Balaban J connectivity index is 1.74. The highest BCUT2D eigenvalue weighted by atomic mass is 19.4. The smallest absolute Gasteiger partial charge is 0.395 e. The molecule has 1 fully saturated rings. The minimum atomic E-state index is -4.50. The van der Waals surface area contributed by atoms with E-state index in [2.05, 4.69) is 10.3 Å². The maximum atomic E-state index is 13.9. The van der Waals surface area contributed by atoms with E-state index in [4.69, 9.17) is 0 Å². The molecule has 1 saturated carbocycles. The monoisotopic (exact) mass is 481 g/mol. The molecule has 5 nitrogen and oxygen atoms in total. The summed E-state index contributed by atoms with van der Waals surface area (Å²) in [4.78, 5) is 18.5. The Kier molecular flexibility index (Phi) is 7.55. The highest BCUT2D eigenvalue weighted by Crippen LogP contribution is 2.66. The Morgan fingerprint density at radius 2 is 1.79 bits per heavy atom. The van der Waals surface area contributed by atoms with Gasteiger partial charge in [-0.3, -0.25) is 9.78 Å². The van der Waals surface area contributed by atoms with Crippen LogP contribution in [0.25, 0.3) is 0 Å². The van der Waals surface area contributed by atoms with Gasteiger partial charge in [-0.25, -0.2) is 4.39 Å². The zero-order valence-corrected chi connectivity index (χ0v) is 19.8. The van der Waals surface area contributed by atoms with Crippen molar-refractivity contribution in [2.75, 3.05) is 20.6 Å². The topological polar surface area (TPSA) is 65.5 Å². The van der Waals surface area contributed by atoms with Crippen LogP contribution in [-0.2, 0) is 11.2 Å². The third-order valence-corrected chi connectivity index (χ3v) is 6.92. The van der Waals surface area contributed by atoms with Crippen LogP contribution in [0.5, 0.6) is 5.75 Å². The molecule has 0 saturated heterocycles. The first-order valence-electron chi connectivity index (χ1n) is 11.2.